The maximum Gasteiger partial charge on any atom is 0.265 e. The van der Waals surface area contributed by atoms with Gasteiger partial charge in [0.2, 0.25) is 0 Å². The van der Waals surface area contributed by atoms with Gasteiger partial charge in [0.25, 0.3) is 5.91 Å². The largest absolute Gasteiger partial charge is 0.384 e. The van der Waals surface area contributed by atoms with Crippen LogP contribution in [-0.2, 0) is 6.42 Å². The summed E-state index contributed by atoms with van der Waals surface area (Å²) in [5.41, 5.74) is 2.53. The van der Waals surface area contributed by atoms with E-state index in [4.69, 9.17) is 5.11 Å². The van der Waals surface area contributed by atoms with Crippen molar-refractivity contribution in [3.05, 3.63) is 51.2 Å². The molecule has 0 saturated carbocycles. The summed E-state index contributed by atoms with van der Waals surface area (Å²) < 4.78 is 0. The van der Waals surface area contributed by atoms with Gasteiger partial charge < -0.3 is 10.4 Å². The van der Waals surface area contributed by atoms with Crippen LogP contribution in [0.3, 0.4) is 0 Å². The summed E-state index contributed by atoms with van der Waals surface area (Å²) in [5, 5.41) is 11.6. The van der Waals surface area contributed by atoms with Gasteiger partial charge in [0.15, 0.2) is 0 Å². The fourth-order valence-corrected chi connectivity index (χ4v) is 2.69. The van der Waals surface area contributed by atoms with E-state index < -0.39 is 0 Å². The fraction of sp³-hybridized carbons (Fsp3) is 0.235. The summed E-state index contributed by atoms with van der Waals surface area (Å²) in [6.07, 6.45) is 0.934. The Balaban J connectivity index is 2.17. The molecule has 0 saturated heterocycles. The topological polar surface area (TPSA) is 49.3 Å². The molecule has 2 aromatic rings. The molecule has 0 atom stereocenters. The van der Waals surface area contributed by atoms with Crippen molar-refractivity contribution >= 4 is 22.9 Å². The van der Waals surface area contributed by atoms with Gasteiger partial charge in [-0.05, 0) is 43.2 Å². The third-order valence-corrected chi connectivity index (χ3v) is 4.26. The first-order valence-corrected chi connectivity index (χ1v) is 7.56. The van der Waals surface area contributed by atoms with E-state index in [9.17, 15) is 4.79 Å². The van der Waals surface area contributed by atoms with Crippen LogP contribution >= 0.6 is 11.3 Å². The van der Waals surface area contributed by atoms with Crippen LogP contribution in [0.2, 0.25) is 0 Å². The van der Waals surface area contributed by atoms with Crippen LogP contribution < -0.4 is 5.32 Å². The molecule has 3 nitrogen and oxygen atoms in total. The monoisotopic (exact) mass is 299 g/mol. The molecule has 1 aromatic carbocycles. The molecule has 0 aliphatic carbocycles. The molecule has 21 heavy (non-hydrogen) atoms. The summed E-state index contributed by atoms with van der Waals surface area (Å²) in [6.45, 7) is 3.84. The Labute approximate surface area is 128 Å². The number of aliphatic hydroxyl groups excluding tert-OH is 1. The first-order chi connectivity index (χ1) is 10.1. The van der Waals surface area contributed by atoms with Crippen LogP contribution in [0.15, 0.2) is 30.3 Å². The lowest BCUT2D eigenvalue weighted by atomic mass is 10.1. The average Bonchev–Trinajstić information content (AvgIpc) is 2.97. The number of nitrogens with one attached hydrogen (secondary N) is 1. The smallest absolute Gasteiger partial charge is 0.265 e. The van der Waals surface area contributed by atoms with E-state index in [1.807, 2.05) is 37.3 Å². The van der Waals surface area contributed by atoms with Crippen LogP contribution in [0, 0.1) is 18.8 Å². The molecule has 0 radical (unpaired) electrons. The maximum atomic E-state index is 12.2. The lowest BCUT2D eigenvalue weighted by Gasteiger charge is -2.06. The zero-order valence-corrected chi connectivity index (χ0v) is 12.9. The zero-order chi connectivity index (χ0) is 15.2. The molecular weight excluding hydrogens is 282 g/mol. The number of hydrogen-bond donors (Lipinski definition) is 2. The molecule has 2 N–H and O–H groups in total. The van der Waals surface area contributed by atoms with Crippen molar-refractivity contribution in [2.45, 2.75) is 20.3 Å². The highest BCUT2D eigenvalue weighted by Crippen LogP contribution is 2.20. The summed E-state index contributed by atoms with van der Waals surface area (Å²) in [5.74, 6) is 5.40. The number of aliphatic hydroxyl groups is 1. The second-order valence-corrected chi connectivity index (χ2v) is 5.73. The SMILES string of the molecule is CCc1ccc(C(=O)Nc2ccc(C)c(C#CCO)c2)s1. The molecule has 108 valence electrons. The number of hydrogen-bond acceptors (Lipinski definition) is 3. The van der Waals surface area contributed by atoms with Crippen molar-refractivity contribution in [3.8, 4) is 11.8 Å². The molecule has 0 spiro atoms. The molecule has 4 heteroatoms. The van der Waals surface area contributed by atoms with Gasteiger partial charge in [-0.1, -0.05) is 24.8 Å². The molecule has 0 aliphatic heterocycles. The van der Waals surface area contributed by atoms with E-state index >= 15 is 0 Å². The Hall–Kier alpha value is -2.09. The summed E-state index contributed by atoms with van der Waals surface area (Å²) in [7, 11) is 0. The van der Waals surface area contributed by atoms with Crippen molar-refractivity contribution in [3.63, 3.8) is 0 Å². The highest BCUT2D eigenvalue weighted by molar-refractivity contribution is 7.14. The third-order valence-electron chi connectivity index (χ3n) is 3.03. The molecule has 0 aliphatic rings. The van der Waals surface area contributed by atoms with Gasteiger partial charge in [0.1, 0.15) is 6.61 Å². The van der Waals surface area contributed by atoms with Crippen molar-refractivity contribution in [1.82, 2.24) is 0 Å². The predicted octanol–water partition coefficient (Wildman–Crippen LogP) is 3.22. The van der Waals surface area contributed by atoms with E-state index in [-0.39, 0.29) is 12.5 Å². The van der Waals surface area contributed by atoms with Crippen LogP contribution in [-0.4, -0.2) is 17.6 Å². The van der Waals surface area contributed by atoms with Gasteiger partial charge in [0.05, 0.1) is 4.88 Å². The van der Waals surface area contributed by atoms with E-state index in [2.05, 4.69) is 24.1 Å². The Morgan fingerprint density at radius 2 is 2.14 bits per heavy atom. The second-order valence-electron chi connectivity index (χ2n) is 4.56. The molecular formula is C17H17NO2S. The Kier molecular flexibility index (Phi) is 5.15. The van der Waals surface area contributed by atoms with Crippen molar-refractivity contribution in [2.75, 3.05) is 11.9 Å². The minimum absolute atomic E-state index is 0.107. The Morgan fingerprint density at radius 1 is 1.33 bits per heavy atom. The van der Waals surface area contributed by atoms with Crippen LogP contribution in [0.5, 0.6) is 0 Å². The fourth-order valence-electron chi connectivity index (χ4n) is 1.85. The number of carbonyl (C=O) groups is 1. The van der Waals surface area contributed by atoms with Gasteiger partial charge in [-0.25, -0.2) is 0 Å². The number of carbonyl (C=O) groups excluding carboxylic acids is 1. The van der Waals surface area contributed by atoms with Gasteiger partial charge >= 0.3 is 0 Å². The quantitative estimate of drug-likeness (QED) is 0.855. The highest BCUT2D eigenvalue weighted by atomic mass is 32.1. The minimum Gasteiger partial charge on any atom is -0.384 e. The molecule has 1 aromatic heterocycles. The average molecular weight is 299 g/mol. The number of benzene rings is 1. The summed E-state index contributed by atoms with van der Waals surface area (Å²) >= 11 is 1.51. The van der Waals surface area contributed by atoms with Gasteiger partial charge in [-0.2, -0.15) is 0 Å². The number of anilines is 1. The van der Waals surface area contributed by atoms with E-state index in [1.165, 1.54) is 16.2 Å². The molecule has 0 bridgehead atoms. The lowest BCUT2D eigenvalue weighted by molar-refractivity contribution is 0.103. The second kappa shape index (κ2) is 7.07. The first-order valence-electron chi connectivity index (χ1n) is 6.74. The lowest BCUT2D eigenvalue weighted by Crippen LogP contribution is -2.10. The first kappa shape index (κ1) is 15.3. The standard InChI is InChI=1S/C17H17NO2S/c1-3-15-8-9-16(21-15)17(20)18-14-7-6-12(2)13(11-14)5-4-10-19/h6-9,11,19H,3,10H2,1-2H3,(H,18,20). The molecule has 0 unspecified atom stereocenters. The number of amides is 1. The Morgan fingerprint density at radius 3 is 2.81 bits per heavy atom. The normalized spacial score (nSPS) is 9.86. The van der Waals surface area contributed by atoms with Crippen LogP contribution in [0.25, 0.3) is 0 Å². The minimum atomic E-state index is -0.176. The van der Waals surface area contributed by atoms with Gasteiger partial charge in [0, 0.05) is 16.1 Å². The predicted molar refractivity (Wildman–Crippen MR) is 86.8 cm³/mol. The van der Waals surface area contributed by atoms with Crippen molar-refractivity contribution in [2.24, 2.45) is 0 Å². The number of aryl methyl sites for hydroxylation is 2. The van der Waals surface area contributed by atoms with E-state index in [0.29, 0.717) is 10.6 Å². The van der Waals surface area contributed by atoms with Gasteiger partial charge in [-0.3, -0.25) is 4.79 Å². The number of thiophene rings is 1. The van der Waals surface area contributed by atoms with Crippen molar-refractivity contribution in [1.29, 1.82) is 0 Å². The zero-order valence-electron chi connectivity index (χ0n) is 12.1. The third kappa shape index (κ3) is 3.94. The molecule has 1 heterocycles. The van der Waals surface area contributed by atoms with Crippen LogP contribution in [0.4, 0.5) is 5.69 Å². The summed E-state index contributed by atoms with van der Waals surface area (Å²) in [4.78, 5) is 14.1. The maximum absolute atomic E-state index is 12.2. The summed E-state index contributed by atoms with van der Waals surface area (Å²) in [6, 6.07) is 9.41. The Bertz CT molecular complexity index is 707. The van der Waals surface area contributed by atoms with Gasteiger partial charge in [-0.15, -0.1) is 11.3 Å². The molecule has 2 rings (SSSR count). The van der Waals surface area contributed by atoms with Crippen molar-refractivity contribution < 1.29 is 9.90 Å². The number of rotatable bonds is 3. The molecule has 0 fully saturated rings. The van der Waals surface area contributed by atoms with E-state index in [0.717, 1.165) is 17.5 Å². The molecule has 1 amide bonds. The van der Waals surface area contributed by atoms with Crippen LogP contribution in [0.1, 0.15) is 32.6 Å². The highest BCUT2D eigenvalue weighted by Gasteiger charge is 2.09. The van der Waals surface area contributed by atoms with E-state index in [1.54, 1.807) is 0 Å².